The zero-order valence-electron chi connectivity index (χ0n) is 12.2. The van der Waals surface area contributed by atoms with Gasteiger partial charge in [0.2, 0.25) is 0 Å². The first-order valence-corrected chi connectivity index (χ1v) is 7.49. The molecular weight excluding hydrogens is 232 g/mol. The SMILES string of the molecule is Cc1c(C2CCCNC2)[nH]c2ccc(C(C)C)cc12. The fraction of sp³-hybridized carbons (Fsp3) is 0.529. The van der Waals surface area contributed by atoms with Crippen molar-refractivity contribution < 1.29 is 0 Å². The first kappa shape index (κ1) is 12.7. The maximum absolute atomic E-state index is 3.66. The Hall–Kier alpha value is -1.28. The molecule has 1 aliphatic heterocycles. The lowest BCUT2D eigenvalue weighted by atomic mass is 9.93. The topological polar surface area (TPSA) is 27.8 Å². The molecule has 2 heterocycles. The van der Waals surface area contributed by atoms with Gasteiger partial charge in [-0.1, -0.05) is 19.9 Å². The monoisotopic (exact) mass is 256 g/mol. The van der Waals surface area contributed by atoms with Crippen LogP contribution < -0.4 is 5.32 Å². The standard InChI is InChI=1S/C17H24N2/c1-11(2)13-6-7-16-15(9-13)12(3)17(19-16)14-5-4-8-18-10-14/h6-7,9,11,14,18-19H,4-5,8,10H2,1-3H3. The van der Waals surface area contributed by atoms with Gasteiger partial charge in [-0.15, -0.1) is 0 Å². The van der Waals surface area contributed by atoms with Crippen LogP contribution in [0, 0.1) is 6.92 Å². The van der Waals surface area contributed by atoms with E-state index in [1.807, 2.05) is 0 Å². The number of aromatic nitrogens is 1. The fourth-order valence-corrected chi connectivity index (χ4v) is 3.23. The second-order valence-corrected chi connectivity index (χ2v) is 6.17. The Morgan fingerprint density at radius 1 is 1.26 bits per heavy atom. The van der Waals surface area contributed by atoms with Crippen molar-refractivity contribution in [3.63, 3.8) is 0 Å². The van der Waals surface area contributed by atoms with Crippen LogP contribution in [0.5, 0.6) is 0 Å². The molecular formula is C17H24N2. The van der Waals surface area contributed by atoms with E-state index in [0.29, 0.717) is 11.8 Å². The van der Waals surface area contributed by atoms with Gasteiger partial charge >= 0.3 is 0 Å². The van der Waals surface area contributed by atoms with Gasteiger partial charge in [0, 0.05) is 29.1 Å². The normalized spacial score (nSPS) is 20.3. The van der Waals surface area contributed by atoms with Crippen molar-refractivity contribution in [1.82, 2.24) is 10.3 Å². The summed E-state index contributed by atoms with van der Waals surface area (Å²) in [6, 6.07) is 6.87. The van der Waals surface area contributed by atoms with E-state index in [-0.39, 0.29) is 0 Å². The molecule has 1 aromatic carbocycles. The lowest BCUT2D eigenvalue weighted by molar-refractivity contribution is 0.455. The van der Waals surface area contributed by atoms with Crippen LogP contribution in [0.25, 0.3) is 10.9 Å². The molecule has 1 atom stereocenters. The maximum Gasteiger partial charge on any atom is 0.0459 e. The second kappa shape index (κ2) is 5.01. The highest BCUT2D eigenvalue weighted by molar-refractivity contribution is 5.85. The molecule has 2 aromatic rings. The number of benzene rings is 1. The molecule has 0 aliphatic carbocycles. The Bertz CT molecular complexity index is 574. The molecule has 1 saturated heterocycles. The van der Waals surface area contributed by atoms with E-state index in [0.717, 1.165) is 6.54 Å². The van der Waals surface area contributed by atoms with Crippen LogP contribution in [0.2, 0.25) is 0 Å². The molecule has 2 heteroatoms. The number of aromatic amines is 1. The maximum atomic E-state index is 3.66. The van der Waals surface area contributed by atoms with E-state index >= 15 is 0 Å². The highest BCUT2D eigenvalue weighted by Crippen LogP contribution is 2.32. The number of nitrogens with one attached hydrogen (secondary N) is 2. The number of aryl methyl sites for hydroxylation is 1. The van der Waals surface area contributed by atoms with Crippen LogP contribution in [0.1, 0.15) is 55.3 Å². The van der Waals surface area contributed by atoms with E-state index in [2.05, 4.69) is 49.3 Å². The molecule has 1 fully saturated rings. The van der Waals surface area contributed by atoms with E-state index < -0.39 is 0 Å². The van der Waals surface area contributed by atoms with Crippen molar-refractivity contribution in [2.24, 2.45) is 0 Å². The van der Waals surface area contributed by atoms with Gasteiger partial charge in [-0.05, 0) is 55.5 Å². The molecule has 0 radical (unpaired) electrons. The molecule has 0 spiro atoms. The van der Waals surface area contributed by atoms with Crippen molar-refractivity contribution in [1.29, 1.82) is 0 Å². The summed E-state index contributed by atoms with van der Waals surface area (Å²) in [5.41, 5.74) is 5.62. The molecule has 1 unspecified atom stereocenters. The number of rotatable bonds is 2. The molecule has 3 rings (SSSR count). The third kappa shape index (κ3) is 2.30. The molecule has 1 aromatic heterocycles. The number of fused-ring (bicyclic) bond motifs is 1. The van der Waals surface area contributed by atoms with Gasteiger partial charge in [0.25, 0.3) is 0 Å². The van der Waals surface area contributed by atoms with Crippen LogP contribution in [-0.2, 0) is 0 Å². The van der Waals surface area contributed by atoms with E-state index in [1.54, 1.807) is 0 Å². The minimum absolute atomic E-state index is 0.596. The zero-order valence-corrected chi connectivity index (χ0v) is 12.2. The van der Waals surface area contributed by atoms with Gasteiger partial charge in [-0.3, -0.25) is 0 Å². The molecule has 2 N–H and O–H groups in total. The number of piperidine rings is 1. The molecule has 2 nitrogen and oxygen atoms in total. The second-order valence-electron chi connectivity index (χ2n) is 6.17. The van der Waals surface area contributed by atoms with Gasteiger partial charge < -0.3 is 10.3 Å². The first-order valence-electron chi connectivity index (χ1n) is 7.49. The van der Waals surface area contributed by atoms with Gasteiger partial charge in [-0.25, -0.2) is 0 Å². The molecule has 0 amide bonds. The van der Waals surface area contributed by atoms with Gasteiger partial charge in [0.1, 0.15) is 0 Å². The minimum Gasteiger partial charge on any atom is -0.358 e. The molecule has 102 valence electrons. The highest BCUT2D eigenvalue weighted by Gasteiger charge is 2.20. The summed E-state index contributed by atoms with van der Waals surface area (Å²) in [4.78, 5) is 3.66. The summed E-state index contributed by atoms with van der Waals surface area (Å²) in [5.74, 6) is 1.25. The quantitative estimate of drug-likeness (QED) is 0.833. The predicted octanol–water partition coefficient (Wildman–Crippen LogP) is 4.07. The van der Waals surface area contributed by atoms with Crippen LogP contribution in [-0.4, -0.2) is 18.1 Å². The summed E-state index contributed by atoms with van der Waals surface area (Å²) < 4.78 is 0. The molecule has 1 aliphatic rings. The van der Waals surface area contributed by atoms with Crippen LogP contribution in [0.15, 0.2) is 18.2 Å². The van der Waals surface area contributed by atoms with Crippen molar-refractivity contribution in [3.05, 3.63) is 35.0 Å². The zero-order chi connectivity index (χ0) is 13.4. The van der Waals surface area contributed by atoms with Crippen LogP contribution >= 0.6 is 0 Å². The smallest absolute Gasteiger partial charge is 0.0459 e. The number of H-pyrrole nitrogens is 1. The Labute approximate surface area is 115 Å². The van der Waals surface area contributed by atoms with Crippen LogP contribution in [0.4, 0.5) is 0 Å². The number of hydrogen-bond donors (Lipinski definition) is 2. The summed E-state index contributed by atoms with van der Waals surface area (Å²) in [6.07, 6.45) is 2.59. The Kier molecular flexibility index (Phi) is 3.36. The number of hydrogen-bond acceptors (Lipinski definition) is 1. The average Bonchev–Trinajstić information content (AvgIpc) is 2.77. The Balaban J connectivity index is 2.04. The van der Waals surface area contributed by atoms with Gasteiger partial charge in [0.15, 0.2) is 0 Å². The Morgan fingerprint density at radius 2 is 2.11 bits per heavy atom. The summed E-state index contributed by atoms with van der Waals surface area (Å²) in [5, 5.41) is 4.92. The van der Waals surface area contributed by atoms with Gasteiger partial charge in [-0.2, -0.15) is 0 Å². The van der Waals surface area contributed by atoms with Crippen molar-refractivity contribution in [2.45, 2.75) is 45.4 Å². The highest BCUT2D eigenvalue weighted by atomic mass is 14.9. The summed E-state index contributed by atoms with van der Waals surface area (Å²) in [7, 11) is 0. The van der Waals surface area contributed by atoms with E-state index in [9.17, 15) is 0 Å². The lowest BCUT2D eigenvalue weighted by Crippen LogP contribution is -2.28. The summed E-state index contributed by atoms with van der Waals surface area (Å²) >= 11 is 0. The molecule has 0 saturated carbocycles. The lowest BCUT2D eigenvalue weighted by Gasteiger charge is -2.22. The third-order valence-corrected chi connectivity index (χ3v) is 4.49. The van der Waals surface area contributed by atoms with Crippen molar-refractivity contribution in [2.75, 3.05) is 13.1 Å². The van der Waals surface area contributed by atoms with E-state index in [1.165, 1.54) is 47.1 Å². The summed E-state index contributed by atoms with van der Waals surface area (Å²) in [6.45, 7) is 9.08. The predicted molar refractivity (Wildman–Crippen MR) is 82.0 cm³/mol. The largest absolute Gasteiger partial charge is 0.358 e. The van der Waals surface area contributed by atoms with Crippen molar-refractivity contribution >= 4 is 10.9 Å². The van der Waals surface area contributed by atoms with E-state index in [4.69, 9.17) is 0 Å². The average molecular weight is 256 g/mol. The minimum atomic E-state index is 0.596. The molecule has 0 bridgehead atoms. The first-order chi connectivity index (χ1) is 9.16. The molecule has 19 heavy (non-hydrogen) atoms. The van der Waals surface area contributed by atoms with Crippen LogP contribution in [0.3, 0.4) is 0 Å². The Morgan fingerprint density at radius 3 is 2.79 bits per heavy atom. The fourth-order valence-electron chi connectivity index (χ4n) is 3.23. The third-order valence-electron chi connectivity index (χ3n) is 4.49. The van der Waals surface area contributed by atoms with Crippen molar-refractivity contribution in [3.8, 4) is 0 Å². The van der Waals surface area contributed by atoms with Gasteiger partial charge in [0.05, 0.1) is 0 Å².